The number of likely N-dealkylation sites (N-methyl/N-ethyl adjacent to an activating group) is 1. The molecule has 2 heterocycles. The molecular formula is C16H25N3O2. The van der Waals surface area contributed by atoms with Gasteiger partial charge in [-0.25, -0.2) is 4.98 Å². The second-order valence-corrected chi connectivity index (χ2v) is 6.74. The number of carbonyl (C=O) groups excluding carboxylic acids is 1. The number of ether oxygens (including phenoxy) is 1. The monoisotopic (exact) mass is 291 g/mol. The van der Waals surface area contributed by atoms with Crippen molar-refractivity contribution in [2.45, 2.75) is 45.1 Å². The average Bonchev–Trinajstić information content (AvgIpc) is 2.88. The Balaban J connectivity index is 2.16. The van der Waals surface area contributed by atoms with Crippen molar-refractivity contribution < 1.29 is 9.53 Å². The topological polar surface area (TPSA) is 68.5 Å². The molecule has 2 N–H and O–H groups in total. The summed E-state index contributed by atoms with van der Waals surface area (Å²) in [5.74, 6) is 0.349. The lowest BCUT2D eigenvalue weighted by molar-refractivity contribution is 0.0587. The van der Waals surface area contributed by atoms with E-state index >= 15 is 0 Å². The summed E-state index contributed by atoms with van der Waals surface area (Å²) in [6.45, 7) is 7.58. The van der Waals surface area contributed by atoms with Gasteiger partial charge in [-0.15, -0.1) is 0 Å². The summed E-state index contributed by atoms with van der Waals surface area (Å²) in [7, 11) is 1.80. The van der Waals surface area contributed by atoms with Crippen molar-refractivity contribution in [3.8, 4) is 0 Å². The Labute approximate surface area is 126 Å². The highest BCUT2D eigenvalue weighted by Gasteiger charge is 2.23. The Morgan fingerprint density at radius 3 is 2.76 bits per heavy atom. The van der Waals surface area contributed by atoms with Gasteiger partial charge in [0.15, 0.2) is 0 Å². The van der Waals surface area contributed by atoms with Crippen molar-refractivity contribution in [2.75, 3.05) is 25.9 Å². The van der Waals surface area contributed by atoms with E-state index in [0.29, 0.717) is 17.9 Å². The summed E-state index contributed by atoms with van der Waals surface area (Å²) in [6.07, 6.45) is 2.24. The lowest BCUT2D eigenvalue weighted by Crippen LogP contribution is -2.34. The first-order valence-electron chi connectivity index (χ1n) is 7.42. The molecule has 0 spiro atoms. The minimum Gasteiger partial charge on any atom is -0.384 e. The number of aromatic nitrogens is 1. The van der Waals surface area contributed by atoms with Gasteiger partial charge in [0, 0.05) is 36.9 Å². The van der Waals surface area contributed by atoms with Gasteiger partial charge in [-0.05, 0) is 25.0 Å². The van der Waals surface area contributed by atoms with E-state index in [1.165, 1.54) is 0 Å². The molecule has 0 saturated carbocycles. The first kappa shape index (κ1) is 15.8. The standard InChI is InChI=1S/C16H25N3O2/c1-16(2,3)13-8-11(9-14(17)18-13)15(20)19(4)10-12-6-5-7-21-12/h8-9,12H,5-7,10H2,1-4H3,(H2,17,18). The van der Waals surface area contributed by atoms with Crippen LogP contribution in [0.4, 0.5) is 5.82 Å². The summed E-state index contributed by atoms with van der Waals surface area (Å²) in [5, 5.41) is 0. The maximum Gasteiger partial charge on any atom is 0.253 e. The summed E-state index contributed by atoms with van der Waals surface area (Å²) in [4.78, 5) is 18.6. The van der Waals surface area contributed by atoms with E-state index in [0.717, 1.165) is 25.1 Å². The Bertz CT molecular complexity index is 517. The van der Waals surface area contributed by atoms with E-state index < -0.39 is 0 Å². The van der Waals surface area contributed by atoms with Crippen LogP contribution in [0.25, 0.3) is 0 Å². The molecule has 2 rings (SSSR count). The lowest BCUT2D eigenvalue weighted by Gasteiger charge is -2.23. The minimum atomic E-state index is -0.141. The molecule has 1 aromatic heterocycles. The maximum absolute atomic E-state index is 12.6. The highest BCUT2D eigenvalue weighted by molar-refractivity contribution is 5.94. The minimum absolute atomic E-state index is 0.0369. The number of rotatable bonds is 3. The number of nitrogen functional groups attached to an aromatic ring is 1. The second-order valence-electron chi connectivity index (χ2n) is 6.74. The third-order valence-electron chi connectivity index (χ3n) is 3.71. The molecule has 1 aliphatic heterocycles. The molecule has 1 atom stereocenters. The van der Waals surface area contributed by atoms with Crippen LogP contribution in [0, 0.1) is 0 Å². The van der Waals surface area contributed by atoms with Gasteiger partial charge >= 0.3 is 0 Å². The number of amides is 1. The fourth-order valence-corrected chi connectivity index (χ4v) is 2.46. The Morgan fingerprint density at radius 2 is 2.19 bits per heavy atom. The van der Waals surface area contributed by atoms with Gasteiger partial charge < -0.3 is 15.4 Å². The maximum atomic E-state index is 12.6. The van der Waals surface area contributed by atoms with Crippen molar-refractivity contribution in [3.63, 3.8) is 0 Å². The van der Waals surface area contributed by atoms with Crippen LogP contribution in [0.15, 0.2) is 12.1 Å². The van der Waals surface area contributed by atoms with Crippen molar-refractivity contribution >= 4 is 11.7 Å². The predicted molar refractivity (Wildman–Crippen MR) is 83.3 cm³/mol. The summed E-state index contributed by atoms with van der Waals surface area (Å²) >= 11 is 0. The van der Waals surface area contributed by atoms with Gasteiger partial charge in [0.25, 0.3) is 5.91 Å². The molecule has 1 aliphatic rings. The zero-order valence-corrected chi connectivity index (χ0v) is 13.3. The van der Waals surface area contributed by atoms with Crippen LogP contribution in [0.2, 0.25) is 0 Å². The smallest absolute Gasteiger partial charge is 0.253 e. The van der Waals surface area contributed by atoms with Gasteiger partial charge in [0.2, 0.25) is 0 Å². The first-order valence-corrected chi connectivity index (χ1v) is 7.42. The van der Waals surface area contributed by atoms with Crippen LogP contribution in [0.1, 0.15) is 49.7 Å². The third-order valence-corrected chi connectivity index (χ3v) is 3.71. The molecule has 5 heteroatoms. The van der Waals surface area contributed by atoms with Crippen molar-refractivity contribution in [1.29, 1.82) is 0 Å². The highest BCUT2D eigenvalue weighted by Crippen LogP contribution is 2.23. The van der Waals surface area contributed by atoms with E-state index in [1.54, 1.807) is 18.0 Å². The quantitative estimate of drug-likeness (QED) is 0.927. The molecule has 1 saturated heterocycles. The van der Waals surface area contributed by atoms with Gasteiger partial charge in [0.1, 0.15) is 5.82 Å². The molecule has 0 bridgehead atoms. The van der Waals surface area contributed by atoms with E-state index in [4.69, 9.17) is 10.5 Å². The fraction of sp³-hybridized carbons (Fsp3) is 0.625. The normalized spacial score (nSPS) is 18.8. The molecule has 0 aromatic carbocycles. The van der Waals surface area contributed by atoms with Gasteiger partial charge in [-0.3, -0.25) is 4.79 Å². The zero-order chi connectivity index (χ0) is 15.6. The van der Waals surface area contributed by atoms with Crippen molar-refractivity contribution in [1.82, 2.24) is 9.88 Å². The predicted octanol–water partition coefficient (Wildman–Crippen LogP) is 2.21. The average molecular weight is 291 g/mol. The molecule has 0 radical (unpaired) electrons. The molecule has 1 unspecified atom stereocenters. The lowest BCUT2D eigenvalue weighted by atomic mass is 9.90. The molecule has 116 valence electrons. The van der Waals surface area contributed by atoms with E-state index in [2.05, 4.69) is 25.8 Å². The SMILES string of the molecule is CN(CC1CCCO1)C(=O)c1cc(N)nc(C(C)(C)C)c1. The largest absolute Gasteiger partial charge is 0.384 e. The van der Waals surface area contributed by atoms with Gasteiger partial charge in [0.05, 0.1) is 6.10 Å². The van der Waals surface area contributed by atoms with Gasteiger partial charge in [-0.2, -0.15) is 0 Å². The van der Waals surface area contributed by atoms with Crippen molar-refractivity contribution in [3.05, 3.63) is 23.4 Å². The number of nitrogens with zero attached hydrogens (tertiary/aromatic N) is 2. The van der Waals surface area contributed by atoms with E-state index in [1.807, 2.05) is 6.07 Å². The van der Waals surface area contributed by atoms with E-state index in [-0.39, 0.29) is 17.4 Å². The Kier molecular flexibility index (Phi) is 4.52. The van der Waals surface area contributed by atoms with Crippen LogP contribution in [0.5, 0.6) is 0 Å². The number of hydrogen-bond acceptors (Lipinski definition) is 4. The first-order chi connectivity index (χ1) is 9.77. The number of nitrogens with two attached hydrogens (primary N) is 1. The molecule has 0 aliphatic carbocycles. The zero-order valence-electron chi connectivity index (χ0n) is 13.3. The van der Waals surface area contributed by atoms with Crippen LogP contribution < -0.4 is 5.73 Å². The molecule has 1 aromatic rings. The van der Waals surface area contributed by atoms with Crippen LogP contribution in [-0.4, -0.2) is 42.1 Å². The number of hydrogen-bond donors (Lipinski definition) is 1. The van der Waals surface area contributed by atoms with Crippen molar-refractivity contribution in [2.24, 2.45) is 0 Å². The molecular weight excluding hydrogens is 266 g/mol. The number of anilines is 1. The molecule has 5 nitrogen and oxygen atoms in total. The van der Waals surface area contributed by atoms with E-state index in [9.17, 15) is 4.79 Å². The number of carbonyl (C=O) groups is 1. The molecule has 1 amide bonds. The van der Waals surface area contributed by atoms with Crippen LogP contribution >= 0.6 is 0 Å². The molecule has 1 fully saturated rings. The third kappa shape index (κ3) is 3.94. The Morgan fingerprint density at radius 1 is 1.48 bits per heavy atom. The summed E-state index contributed by atoms with van der Waals surface area (Å²) < 4.78 is 5.58. The molecule has 21 heavy (non-hydrogen) atoms. The highest BCUT2D eigenvalue weighted by atomic mass is 16.5. The Hall–Kier alpha value is -1.62. The summed E-state index contributed by atoms with van der Waals surface area (Å²) in [5.41, 5.74) is 7.13. The fourth-order valence-electron chi connectivity index (χ4n) is 2.46. The van der Waals surface area contributed by atoms with Gasteiger partial charge in [-0.1, -0.05) is 20.8 Å². The van der Waals surface area contributed by atoms with Crippen LogP contribution in [-0.2, 0) is 10.2 Å². The second kappa shape index (κ2) is 6.02. The van der Waals surface area contributed by atoms with Crippen LogP contribution in [0.3, 0.4) is 0 Å². The number of pyridine rings is 1. The summed E-state index contributed by atoms with van der Waals surface area (Å²) in [6, 6.07) is 3.48.